The maximum atomic E-state index is 12.6. The Kier molecular flexibility index (Phi) is 6.58. The van der Waals surface area contributed by atoms with Crippen LogP contribution < -0.4 is 5.32 Å². The Morgan fingerprint density at radius 3 is 2.54 bits per heavy atom. The number of nitrogens with one attached hydrogen (secondary N) is 1. The molecule has 1 unspecified atom stereocenters. The molecule has 1 atom stereocenters. The molecule has 0 fully saturated rings. The lowest BCUT2D eigenvalue weighted by Gasteiger charge is -2.27. The Morgan fingerprint density at radius 1 is 1.21 bits per heavy atom. The molecule has 0 saturated carbocycles. The lowest BCUT2D eigenvalue weighted by molar-refractivity contribution is 0.121. The molecule has 2 aromatic rings. The van der Waals surface area contributed by atoms with Gasteiger partial charge in [0.15, 0.2) is 5.15 Å². The van der Waals surface area contributed by atoms with Gasteiger partial charge in [0, 0.05) is 12.7 Å². The molecule has 0 bridgehead atoms. The number of aliphatic hydroxyl groups is 1. The quantitative estimate of drug-likeness (QED) is 0.777. The van der Waals surface area contributed by atoms with Crippen LogP contribution in [0.1, 0.15) is 25.5 Å². The van der Waals surface area contributed by atoms with E-state index in [1.54, 1.807) is 23.2 Å². The number of anilines is 1. The predicted molar refractivity (Wildman–Crippen MR) is 96.1 cm³/mol. The molecule has 0 saturated heterocycles. The van der Waals surface area contributed by atoms with Crippen molar-refractivity contribution in [3.05, 3.63) is 59.4 Å². The average molecular weight is 348 g/mol. The molecule has 2 rings (SSSR count). The van der Waals surface area contributed by atoms with Gasteiger partial charge in [-0.3, -0.25) is 0 Å². The molecule has 0 aliphatic carbocycles. The lowest BCUT2D eigenvalue weighted by atomic mass is 10.1. The van der Waals surface area contributed by atoms with Crippen molar-refractivity contribution < 1.29 is 9.90 Å². The summed E-state index contributed by atoms with van der Waals surface area (Å²) in [6.45, 7) is 4.76. The number of hydrogen-bond donors (Lipinski definition) is 2. The number of halogens is 1. The number of aromatic nitrogens is 1. The lowest BCUT2D eigenvalue weighted by Crippen LogP contribution is -2.40. The van der Waals surface area contributed by atoms with E-state index in [2.05, 4.69) is 10.3 Å². The minimum absolute atomic E-state index is 0.200. The predicted octanol–water partition coefficient (Wildman–Crippen LogP) is 3.96. The van der Waals surface area contributed by atoms with Crippen molar-refractivity contribution in [1.29, 1.82) is 0 Å². The normalized spacial score (nSPS) is 12.0. The van der Waals surface area contributed by atoms with Gasteiger partial charge in [-0.25, -0.2) is 9.78 Å². The molecule has 6 heteroatoms. The first-order valence-corrected chi connectivity index (χ1v) is 8.24. The molecule has 5 nitrogen and oxygen atoms in total. The summed E-state index contributed by atoms with van der Waals surface area (Å²) in [4.78, 5) is 18.1. The van der Waals surface area contributed by atoms with Crippen LogP contribution in [0.15, 0.2) is 48.7 Å². The van der Waals surface area contributed by atoms with Gasteiger partial charge in [-0.05, 0) is 23.6 Å². The van der Waals surface area contributed by atoms with Gasteiger partial charge in [-0.2, -0.15) is 0 Å². The SMILES string of the molecule is CC(C)CN(CC(O)c1ccccc1)C(=O)Nc1cccnc1Cl. The number of aliphatic hydroxyl groups excluding tert-OH is 1. The van der Waals surface area contributed by atoms with Crippen LogP contribution in [0, 0.1) is 5.92 Å². The van der Waals surface area contributed by atoms with Crippen molar-refractivity contribution >= 4 is 23.3 Å². The number of pyridine rings is 1. The third-order valence-corrected chi connectivity index (χ3v) is 3.75. The summed E-state index contributed by atoms with van der Waals surface area (Å²) in [5, 5.41) is 13.4. The molecule has 1 aromatic carbocycles. The minimum Gasteiger partial charge on any atom is -0.387 e. The van der Waals surface area contributed by atoms with E-state index < -0.39 is 6.10 Å². The second-order valence-corrected chi connectivity index (χ2v) is 6.36. The summed E-state index contributed by atoms with van der Waals surface area (Å²) in [6, 6.07) is 12.4. The standard InChI is InChI=1S/C18H22ClN3O2/c1-13(2)11-22(12-16(23)14-7-4-3-5-8-14)18(24)21-15-9-6-10-20-17(15)19/h3-10,13,16,23H,11-12H2,1-2H3,(H,21,24). The van der Waals surface area contributed by atoms with Crippen molar-refractivity contribution in [2.75, 3.05) is 18.4 Å². The second kappa shape index (κ2) is 8.66. The van der Waals surface area contributed by atoms with Gasteiger partial charge in [-0.15, -0.1) is 0 Å². The van der Waals surface area contributed by atoms with Crippen LogP contribution in [0.3, 0.4) is 0 Å². The first-order chi connectivity index (χ1) is 11.5. The van der Waals surface area contributed by atoms with Crippen molar-refractivity contribution in [3.8, 4) is 0 Å². The molecule has 0 radical (unpaired) electrons. The molecular formula is C18H22ClN3O2. The van der Waals surface area contributed by atoms with E-state index in [1.807, 2.05) is 44.2 Å². The number of urea groups is 1. The van der Waals surface area contributed by atoms with Gasteiger partial charge in [0.05, 0.1) is 18.3 Å². The summed E-state index contributed by atoms with van der Waals surface area (Å²) in [7, 11) is 0. The summed E-state index contributed by atoms with van der Waals surface area (Å²) in [5.41, 5.74) is 1.23. The van der Waals surface area contributed by atoms with Gasteiger partial charge in [0.25, 0.3) is 0 Å². The third-order valence-electron chi connectivity index (χ3n) is 3.45. The number of carbonyl (C=O) groups excluding carboxylic acids is 1. The molecule has 0 aliphatic rings. The fraction of sp³-hybridized carbons (Fsp3) is 0.333. The van der Waals surface area contributed by atoms with Crippen molar-refractivity contribution in [3.63, 3.8) is 0 Å². The smallest absolute Gasteiger partial charge is 0.322 e. The summed E-state index contributed by atoms with van der Waals surface area (Å²) < 4.78 is 0. The molecule has 2 N–H and O–H groups in total. The van der Waals surface area contributed by atoms with E-state index in [4.69, 9.17) is 11.6 Å². The fourth-order valence-corrected chi connectivity index (χ4v) is 2.51. The van der Waals surface area contributed by atoms with Crippen molar-refractivity contribution in [1.82, 2.24) is 9.88 Å². The van der Waals surface area contributed by atoms with Crippen LogP contribution in [0.25, 0.3) is 0 Å². The largest absolute Gasteiger partial charge is 0.387 e. The van der Waals surface area contributed by atoms with E-state index in [0.29, 0.717) is 12.2 Å². The van der Waals surface area contributed by atoms with Crippen molar-refractivity contribution in [2.24, 2.45) is 5.92 Å². The fourth-order valence-electron chi connectivity index (χ4n) is 2.34. The number of nitrogens with zero attached hydrogens (tertiary/aromatic N) is 2. The van der Waals surface area contributed by atoms with Crippen LogP contribution >= 0.6 is 11.6 Å². The molecule has 128 valence electrons. The maximum absolute atomic E-state index is 12.6. The Labute approximate surface area is 147 Å². The number of carbonyl (C=O) groups is 1. The molecular weight excluding hydrogens is 326 g/mol. The first-order valence-electron chi connectivity index (χ1n) is 7.87. The monoisotopic (exact) mass is 347 g/mol. The highest BCUT2D eigenvalue weighted by Gasteiger charge is 2.20. The highest BCUT2D eigenvalue weighted by Crippen LogP contribution is 2.20. The molecule has 24 heavy (non-hydrogen) atoms. The van der Waals surface area contributed by atoms with Crippen molar-refractivity contribution in [2.45, 2.75) is 20.0 Å². The van der Waals surface area contributed by atoms with Gasteiger partial charge < -0.3 is 15.3 Å². The molecule has 0 spiro atoms. The van der Waals surface area contributed by atoms with E-state index in [1.165, 1.54) is 0 Å². The maximum Gasteiger partial charge on any atom is 0.322 e. The van der Waals surface area contributed by atoms with Crippen LogP contribution in [0.5, 0.6) is 0 Å². The Hall–Kier alpha value is -2.11. The summed E-state index contributed by atoms with van der Waals surface area (Å²) in [6.07, 6.45) is 0.809. The highest BCUT2D eigenvalue weighted by molar-refractivity contribution is 6.32. The van der Waals surface area contributed by atoms with E-state index in [-0.39, 0.29) is 23.6 Å². The third kappa shape index (κ3) is 5.22. The topological polar surface area (TPSA) is 65.5 Å². The molecule has 0 aliphatic heterocycles. The zero-order valence-corrected chi connectivity index (χ0v) is 14.6. The van der Waals surface area contributed by atoms with Gasteiger partial charge >= 0.3 is 6.03 Å². The van der Waals surface area contributed by atoms with E-state index in [0.717, 1.165) is 5.56 Å². The molecule has 2 amide bonds. The molecule has 1 aromatic heterocycles. The average Bonchev–Trinajstić information content (AvgIpc) is 2.56. The number of rotatable bonds is 6. The van der Waals surface area contributed by atoms with Gasteiger partial charge in [-0.1, -0.05) is 55.8 Å². The van der Waals surface area contributed by atoms with Crippen LogP contribution in [-0.4, -0.2) is 34.1 Å². The Bertz CT molecular complexity index is 664. The molecule has 1 heterocycles. The van der Waals surface area contributed by atoms with Gasteiger partial charge in [0.2, 0.25) is 0 Å². The number of benzene rings is 1. The van der Waals surface area contributed by atoms with Crippen LogP contribution in [0.4, 0.5) is 10.5 Å². The number of amides is 2. The van der Waals surface area contributed by atoms with E-state index >= 15 is 0 Å². The zero-order valence-electron chi connectivity index (χ0n) is 13.8. The zero-order chi connectivity index (χ0) is 17.5. The Balaban J connectivity index is 2.09. The van der Waals surface area contributed by atoms with Crippen LogP contribution in [0.2, 0.25) is 5.15 Å². The van der Waals surface area contributed by atoms with Gasteiger partial charge in [0.1, 0.15) is 0 Å². The summed E-state index contributed by atoms with van der Waals surface area (Å²) >= 11 is 5.99. The number of hydrogen-bond acceptors (Lipinski definition) is 3. The minimum atomic E-state index is -0.750. The Morgan fingerprint density at radius 2 is 1.92 bits per heavy atom. The first kappa shape index (κ1) is 18.2. The summed E-state index contributed by atoms with van der Waals surface area (Å²) in [5.74, 6) is 0.267. The van der Waals surface area contributed by atoms with E-state index in [9.17, 15) is 9.90 Å². The highest BCUT2D eigenvalue weighted by atomic mass is 35.5. The second-order valence-electron chi connectivity index (χ2n) is 6.00. The van der Waals surface area contributed by atoms with Crippen LogP contribution in [-0.2, 0) is 0 Å².